The van der Waals surface area contributed by atoms with Crippen LogP contribution in [0.25, 0.3) is 11.0 Å². The van der Waals surface area contributed by atoms with Gasteiger partial charge in [0, 0.05) is 11.6 Å². The highest BCUT2D eigenvalue weighted by molar-refractivity contribution is 6.05. The van der Waals surface area contributed by atoms with Crippen LogP contribution in [-0.4, -0.2) is 20.1 Å². The summed E-state index contributed by atoms with van der Waals surface area (Å²) in [6.45, 7) is 0. The second-order valence-corrected chi connectivity index (χ2v) is 6.57. The highest BCUT2D eigenvalue weighted by Crippen LogP contribution is 2.26. The van der Waals surface area contributed by atoms with E-state index in [1.807, 2.05) is 6.07 Å². The molecule has 4 rings (SSSR count). The average Bonchev–Trinajstić information content (AvgIpc) is 2.81. The first-order valence-electron chi connectivity index (χ1n) is 9.41. The second kappa shape index (κ2) is 8.62. The molecule has 1 heterocycles. The number of ether oxygens (including phenoxy) is 3. The average molecular weight is 417 g/mol. The molecule has 0 bridgehead atoms. The van der Waals surface area contributed by atoms with E-state index in [2.05, 4.69) is 5.32 Å². The number of amides is 1. The summed E-state index contributed by atoms with van der Waals surface area (Å²) in [7, 11) is 3.08. The van der Waals surface area contributed by atoms with Gasteiger partial charge in [-0.3, -0.25) is 9.59 Å². The van der Waals surface area contributed by atoms with Crippen LogP contribution in [0.1, 0.15) is 10.4 Å². The first kappa shape index (κ1) is 20.0. The van der Waals surface area contributed by atoms with Crippen LogP contribution in [0.2, 0.25) is 0 Å². The van der Waals surface area contributed by atoms with Gasteiger partial charge in [0.15, 0.2) is 0 Å². The van der Waals surface area contributed by atoms with Gasteiger partial charge in [0.2, 0.25) is 11.2 Å². The summed E-state index contributed by atoms with van der Waals surface area (Å²) >= 11 is 0. The van der Waals surface area contributed by atoms with Crippen molar-refractivity contribution in [3.8, 4) is 23.0 Å². The maximum Gasteiger partial charge on any atom is 0.255 e. The maximum absolute atomic E-state index is 12.7. The summed E-state index contributed by atoms with van der Waals surface area (Å²) < 4.78 is 21.6. The first-order chi connectivity index (χ1) is 15.1. The Kier molecular flexibility index (Phi) is 5.57. The normalized spacial score (nSPS) is 10.5. The largest absolute Gasteiger partial charge is 0.497 e. The minimum absolute atomic E-state index is 0.0453. The predicted octanol–water partition coefficient (Wildman–Crippen LogP) is 4.85. The molecule has 0 unspecified atom stereocenters. The van der Waals surface area contributed by atoms with Crippen LogP contribution in [0, 0.1) is 0 Å². The fourth-order valence-corrected chi connectivity index (χ4v) is 3.03. The third-order valence-corrected chi connectivity index (χ3v) is 4.65. The van der Waals surface area contributed by atoms with Gasteiger partial charge >= 0.3 is 0 Å². The van der Waals surface area contributed by atoms with Crippen molar-refractivity contribution in [2.24, 2.45) is 0 Å². The molecule has 0 aliphatic rings. The van der Waals surface area contributed by atoms with Crippen molar-refractivity contribution in [2.75, 3.05) is 19.5 Å². The molecule has 156 valence electrons. The van der Waals surface area contributed by atoms with E-state index in [-0.39, 0.29) is 17.1 Å². The van der Waals surface area contributed by atoms with E-state index in [0.29, 0.717) is 39.5 Å². The molecule has 3 aromatic carbocycles. The van der Waals surface area contributed by atoms with Crippen LogP contribution in [-0.2, 0) is 0 Å². The number of methoxy groups -OCH3 is 2. The number of para-hydroxylation sites is 2. The number of anilines is 1. The molecule has 0 fully saturated rings. The zero-order chi connectivity index (χ0) is 21.8. The molecule has 7 heteroatoms. The quantitative estimate of drug-likeness (QED) is 0.482. The highest BCUT2D eigenvalue weighted by atomic mass is 16.5. The van der Waals surface area contributed by atoms with Crippen LogP contribution < -0.4 is 25.0 Å². The maximum atomic E-state index is 12.7. The lowest BCUT2D eigenvalue weighted by Crippen LogP contribution is -2.12. The third-order valence-electron chi connectivity index (χ3n) is 4.65. The van der Waals surface area contributed by atoms with Crippen molar-refractivity contribution in [3.63, 3.8) is 0 Å². The zero-order valence-corrected chi connectivity index (χ0v) is 16.9. The predicted molar refractivity (Wildman–Crippen MR) is 116 cm³/mol. The standard InChI is InChI=1S/C24H19NO6/c1-28-17-11-12-18-21(13-17)30-14-22(23(18)26)31-16-9-7-15(8-10-16)24(27)25-19-5-3-4-6-20(19)29-2/h3-14H,1-2H3,(H,25,27). The van der Waals surface area contributed by atoms with Crippen LogP contribution in [0.4, 0.5) is 5.69 Å². The van der Waals surface area contributed by atoms with E-state index in [4.69, 9.17) is 18.6 Å². The van der Waals surface area contributed by atoms with Gasteiger partial charge < -0.3 is 23.9 Å². The van der Waals surface area contributed by atoms with Gasteiger partial charge in [0.05, 0.1) is 25.3 Å². The zero-order valence-electron chi connectivity index (χ0n) is 16.9. The second-order valence-electron chi connectivity index (χ2n) is 6.57. The molecule has 4 aromatic rings. The highest BCUT2D eigenvalue weighted by Gasteiger charge is 2.12. The van der Waals surface area contributed by atoms with Crippen LogP contribution >= 0.6 is 0 Å². The number of carbonyl (C=O) groups is 1. The van der Waals surface area contributed by atoms with Crippen molar-refractivity contribution < 1.29 is 23.4 Å². The van der Waals surface area contributed by atoms with Crippen molar-refractivity contribution >= 4 is 22.6 Å². The van der Waals surface area contributed by atoms with E-state index in [0.717, 1.165) is 0 Å². The van der Waals surface area contributed by atoms with E-state index in [1.54, 1.807) is 60.7 Å². The Morgan fingerprint density at radius 2 is 1.61 bits per heavy atom. The lowest BCUT2D eigenvalue weighted by atomic mass is 10.2. The van der Waals surface area contributed by atoms with Crippen molar-refractivity contribution in [3.05, 3.63) is 88.8 Å². The minimum atomic E-state index is -0.304. The third kappa shape index (κ3) is 4.20. The van der Waals surface area contributed by atoms with Crippen molar-refractivity contribution in [1.29, 1.82) is 0 Å². The molecule has 31 heavy (non-hydrogen) atoms. The Morgan fingerprint density at radius 1 is 0.871 bits per heavy atom. The van der Waals surface area contributed by atoms with Gasteiger partial charge in [0.1, 0.15) is 29.1 Å². The molecule has 0 saturated heterocycles. The lowest BCUT2D eigenvalue weighted by Gasteiger charge is -2.10. The van der Waals surface area contributed by atoms with Crippen molar-refractivity contribution in [1.82, 2.24) is 0 Å². The van der Waals surface area contributed by atoms with Crippen LogP contribution in [0.15, 0.2) is 82.2 Å². The lowest BCUT2D eigenvalue weighted by molar-refractivity contribution is 0.102. The van der Waals surface area contributed by atoms with Gasteiger partial charge in [-0.15, -0.1) is 0 Å². The van der Waals surface area contributed by atoms with E-state index in [1.165, 1.54) is 20.5 Å². The molecule has 0 atom stereocenters. The molecule has 0 saturated carbocycles. The van der Waals surface area contributed by atoms with E-state index >= 15 is 0 Å². The number of hydrogen-bond acceptors (Lipinski definition) is 6. The van der Waals surface area contributed by atoms with Gasteiger partial charge in [-0.25, -0.2) is 0 Å². The summed E-state index contributed by atoms with van der Waals surface area (Å²) in [5.41, 5.74) is 1.10. The topological polar surface area (TPSA) is 87.0 Å². The number of benzene rings is 3. The van der Waals surface area contributed by atoms with E-state index in [9.17, 15) is 9.59 Å². The molecule has 0 spiro atoms. The Labute approximate surface area is 177 Å². The molecular weight excluding hydrogens is 398 g/mol. The molecule has 1 amide bonds. The number of rotatable bonds is 6. The Hall–Kier alpha value is -4.26. The molecular formula is C24H19NO6. The first-order valence-corrected chi connectivity index (χ1v) is 9.41. The Balaban J connectivity index is 1.51. The van der Waals surface area contributed by atoms with Gasteiger partial charge in [-0.2, -0.15) is 0 Å². The van der Waals surface area contributed by atoms with Gasteiger partial charge in [-0.1, -0.05) is 12.1 Å². The Morgan fingerprint density at radius 3 is 2.35 bits per heavy atom. The number of fused-ring (bicyclic) bond motifs is 1. The van der Waals surface area contributed by atoms with Crippen LogP contribution in [0.3, 0.4) is 0 Å². The molecule has 0 radical (unpaired) electrons. The van der Waals surface area contributed by atoms with E-state index < -0.39 is 0 Å². The summed E-state index contributed by atoms with van der Waals surface area (Å²) in [5, 5.41) is 3.19. The van der Waals surface area contributed by atoms with Gasteiger partial charge in [-0.05, 0) is 48.5 Å². The summed E-state index contributed by atoms with van der Waals surface area (Å²) in [6.07, 6.45) is 1.26. The Bertz CT molecular complexity index is 1290. The molecule has 0 aliphatic carbocycles. The monoisotopic (exact) mass is 417 g/mol. The smallest absolute Gasteiger partial charge is 0.255 e. The summed E-state index contributed by atoms with van der Waals surface area (Å²) in [6, 6.07) is 18.5. The molecule has 0 aliphatic heterocycles. The molecule has 7 nitrogen and oxygen atoms in total. The number of nitrogens with one attached hydrogen (secondary N) is 1. The molecule has 1 aromatic heterocycles. The fraction of sp³-hybridized carbons (Fsp3) is 0.0833. The minimum Gasteiger partial charge on any atom is -0.497 e. The summed E-state index contributed by atoms with van der Waals surface area (Å²) in [5.74, 6) is 1.30. The van der Waals surface area contributed by atoms with Crippen molar-refractivity contribution in [2.45, 2.75) is 0 Å². The summed E-state index contributed by atoms with van der Waals surface area (Å²) in [4.78, 5) is 25.2. The number of carbonyl (C=O) groups excluding carboxylic acids is 1. The van der Waals surface area contributed by atoms with Crippen LogP contribution in [0.5, 0.6) is 23.0 Å². The molecule has 1 N–H and O–H groups in total. The SMILES string of the molecule is COc1ccc2c(=O)c(Oc3ccc(C(=O)Nc4ccccc4OC)cc3)coc2c1. The van der Waals surface area contributed by atoms with Gasteiger partial charge in [0.25, 0.3) is 5.91 Å². The number of hydrogen-bond donors (Lipinski definition) is 1. The fourth-order valence-electron chi connectivity index (χ4n) is 3.03.